The maximum atomic E-state index is 11.3. The molecule has 0 aliphatic rings. The molecule has 1 N–H and O–H groups in total. The molecule has 0 unspecified atom stereocenters. The van der Waals surface area contributed by atoms with E-state index in [4.69, 9.17) is 4.74 Å². The first-order valence-corrected chi connectivity index (χ1v) is 7.05. The predicted molar refractivity (Wildman–Crippen MR) is 78.6 cm³/mol. The molecule has 0 saturated heterocycles. The zero-order valence-corrected chi connectivity index (χ0v) is 12.5. The van der Waals surface area contributed by atoms with Crippen LogP contribution in [0, 0.1) is 6.92 Å². The first kappa shape index (κ1) is 15.5. The summed E-state index contributed by atoms with van der Waals surface area (Å²) in [6, 6.07) is 6.21. The highest BCUT2D eigenvalue weighted by Gasteiger charge is 2.04. The molecular weight excluding hydrogens is 238 g/mol. The quantitative estimate of drug-likeness (QED) is 0.820. The number of hydrogen-bond donors (Lipinski definition) is 1. The van der Waals surface area contributed by atoms with Gasteiger partial charge in [0, 0.05) is 13.0 Å². The standard InChI is InChI=1S/C16H25NO2/c1-5-6-16(18)17-10-9-14-7-8-15(13(4)11-14)19-12(2)3/h7-8,11-12H,5-6,9-10H2,1-4H3,(H,17,18). The molecule has 0 aliphatic heterocycles. The summed E-state index contributed by atoms with van der Waals surface area (Å²) in [5, 5.41) is 2.93. The first-order valence-electron chi connectivity index (χ1n) is 7.05. The zero-order chi connectivity index (χ0) is 14.3. The molecule has 0 atom stereocenters. The molecule has 106 valence electrons. The number of amides is 1. The van der Waals surface area contributed by atoms with E-state index in [1.54, 1.807) is 0 Å². The van der Waals surface area contributed by atoms with Crippen molar-refractivity contribution < 1.29 is 9.53 Å². The average Bonchev–Trinajstić information content (AvgIpc) is 2.32. The molecule has 1 rings (SSSR count). The third-order valence-electron chi connectivity index (χ3n) is 2.81. The van der Waals surface area contributed by atoms with Gasteiger partial charge in [-0.15, -0.1) is 0 Å². The number of aryl methyl sites for hydroxylation is 1. The Hall–Kier alpha value is -1.51. The molecule has 19 heavy (non-hydrogen) atoms. The fourth-order valence-corrected chi connectivity index (χ4v) is 1.91. The molecule has 0 fully saturated rings. The Morgan fingerprint density at radius 3 is 2.68 bits per heavy atom. The Labute approximate surface area is 116 Å². The molecule has 0 bridgehead atoms. The van der Waals surface area contributed by atoms with Crippen LogP contribution in [0.1, 0.15) is 44.7 Å². The number of carbonyl (C=O) groups excluding carboxylic acids is 1. The van der Waals surface area contributed by atoms with Crippen LogP contribution in [0.25, 0.3) is 0 Å². The summed E-state index contributed by atoms with van der Waals surface area (Å²) < 4.78 is 5.70. The van der Waals surface area contributed by atoms with Crippen molar-refractivity contribution >= 4 is 5.91 Å². The van der Waals surface area contributed by atoms with E-state index in [0.717, 1.165) is 24.2 Å². The van der Waals surface area contributed by atoms with Crippen molar-refractivity contribution in [2.24, 2.45) is 0 Å². The van der Waals surface area contributed by atoms with Gasteiger partial charge in [-0.3, -0.25) is 4.79 Å². The number of ether oxygens (including phenoxy) is 1. The number of benzene rings is 1. The highest BCUT2D eigenvalue weighted by molar-refractivity contribution is 5.75. The summed E-state index contributed by atoms with van der Waals surface area (Å²) in [7, 11) is 0. The van der Waals surface area contributed by atoms with Gasteiger partial charge in [0.25, 0.3) is 0 Å². The average molecular weight is 263 g/mol. The summed E-state index contributed by atoms with van der Waals surface area (Å²) in [5.74, 6) is 1.08. The molecule has 1 amide bonds. The lowest BCUT2D eigenvalue weighted by molar-refractivity contribution is -0.121. The van der Waals surface area contributed by atoms with E-state index < -0.39 is 0 Å². The summed E-state index contributed by atoms with van der Waals surface area (Å²) >= 11 is 0. The van der Waals surface area contributed by atoms with Gasteiger partial charge in [-0.05, 0) is 50.8 Å². The van der Waals surface area contributed by atoms with Crippen LogP contribution >= 0.6 is 0 Å². The van der Waals surface area contributed by atoms with Crippen LogP contribution in [-0.2, 0) is 11.2 Å². The molecule has 1 aromatic carbocycles. The fourth-order valence-electron chi connectivity index (χ4n) is 1.91. The van der Waals surface area contributed by atoms with Crippen LogP contribution in [0.4, 0.5) is 0 Å². The van der Waals surface area contributed by atoms with E-state index in [2.05, 4.69) is 24.4 Å². The van der Waals surface area contributed by atoms with Gasteiger partial charge in [-0.1, -0.05) is 19.1 Å². The molecule has 0 spiro atoms. The Kier molecular flexibility index (Phi) is 6.40. The maximum Gasteiger partial charge on any atom is 0.219 e. The highest BCUT2D eigenvalue weighted by atomic mass is 16.5. The van der Waals surface area contributed by atoms with Gasteiger partial charge in [0.2, 0.25) is 5.91 Å². The minimum Gasteiger partial charge on any atom is -0.491 e. The minimum absolute atomic E-state index is 0.138. The van der Waals surface area contributed by atoms with E-state index in [1.807, 2.05) is 26.8 Å². The summed E-state index contributed by atoms with van der Waals surface area (Å²) in [4.78, 5) is 11.3. The largest absolute Gasteiger partial charge is 0.491 e. The second-order valence-electron chi connectivity index (χ2n) is 5.12. The van der Waals surface area contributed by atoms with Crippen LogP contribution in [0.15, 0.2) is 18.2 Å². The Bertz CT molecular complexity index is 413. The topological polar surface area (TPSA) is 38.3 Å². The number of hydrogen-bond acceptors (Lipinski definition) is 2. The van der Waals surface area contributed by atoms with E-state index in [1.165, 1.54) is 5.56 Å². The van der Waals surface area contributed by atoms with Crippen molar-refractivity contribution in [2.75, 3.05) is 6.54 Å². The van der Waals surface area contributed by atoms with Crippen LogP contribution in [0.5, 0.6) is 5.75 Å². The molecule has 1 aromatic rings. The molecule has 0 saturated carbocycles. The Morgan fingerprint density at radius 1 is 1.37 bits per heavy atom. The van der Waals surface area contributed by atoms with Gasteiger partial charge in [0.1, 0.15) is 5.75 Å². The first-order chi connectivity index (χ1) is 9.02. The molecule has 0 aromatic heterocycles. The van der Waals surface area contributed by atoms with Crippen molar-refractivity contribution in [3.8, 4) is 5.75 Å². The lowest BCUT2D eigenvalue weighted by atomic mass is 10.1. The van der Waals surface area contributed by atoms with Crippen LogP contribution in [0.3, 0.4) is 0 Å². The third-order valence-corrected chi connectivity index (χ3v) is 2.81. The van der Waals surface area contributed by atoms with Crippen LogP contribution < -0.4 is 10.1 Å². The van der Waals surface area contributed by atoms with Gasteiger partial charge >= 0.3 is 0 Å². The Morgan fingerprint density at radius 2 is 2.11 bits per heavy atom. The van der Waals surface area contributed by atoms with E-state index in [-0.39, 0.29) is 12.0 Å². The van der Waals surface area contributed by atoms with E-state index in [9.17, 15) is 4.79 Å². The summed E-state index contributed by atoms with van der Waals surface area (Å²) in [6.07, 6.45) is 2.56. The third kappa shape index (κ3) is 5.77. The van der Waals surface area contributed by atoms with Gasteiger partial charge in [-0.25, -0.2) is 0 Å². The van der Waals surface area contributed by atoms with Gasteiger partial charge in [-0.2, -0.15) is 0 Å². The monoisotopic (exact) mass is 263 g/mol. The summed E-state index contributed by atoms with van der Waals surface area (Å²) in [5.41, 5.74) is 2.37. The smallest absolute Gasteiger partial charge is 0.219 e. The van der Waals surface area contributed by atoms with Crippen molar-refractivity contribution in [1.82, 2.24) is 5.32 Å². The lowest BCUT2D eigenvalue weighted by Gasteiger charge is -2.13. The van der Waals surface area contributed by atoms with E-state index >= 15 is 0 Å². The highest BCUT2D eigenvalue weighted by Crippen LogP contribution is 2.20. The molecule has 3 nitrogen and oxygen atoms in total. The van der Waals surface area contributed by atoms with Crippen molar-refractivity contribution in [3.05, 3.63) is 29.3 Å². The second-order valence-corrected chi connectivity index (χ2v) is 5.12. The molecule has 0 radical (unpaired) electrons. The van der Waals surface area contributed by atoms with Crippen molar-refractivity contribution in [2.45, 2.75) is 53.1 Å². The number of rotatable bonds is 7. The number of carbonyl (C=O) groups is 1. The molecule has 0 heterocycles. The van der Waals surface area contributed by atoms with Gasteiger partial charge in [0.05, 0.1) is 6.10 Å². The van der Waals surface area contributed by atoms with Gasteiger partial charge < -0.3 is 10.1 Å². The van der Waals surface area contributed by atoms with Crippen molar-refractivity contribution in [3.63, 3.8) is 0 Å². The minimum atomic E-state index is 0.138. The normalized spacial score (nSPS) is 10.6. The number of nitrogens with one attached hydrogen (secondary N) is 1. The molecular formula is C16H25NO2. The molecule has 0 aliphatic carbocycles. The predicted octanol–water partition coefficient (Wildman–Crippen LogP) is 3.24. The maximum absolute atomic E-state index is 11.3. The zero-order valence-electron chi connectivity index (χ0n) is 12.5. The lowest BCUT2D eigenvalue weighted by Crippen LogP contribution is -2.25. The summed E-state index contributed by atoms with van der Waals surface area (Å²) in [6.45, 7) is 8.81. The van der Waals surface area contributed by atoms with Crippen LogP contribution in [0.2, 0.25) is 0 Å². The van der Waals surface area contributed by atoms with E-state index in [0.29, 0.717) is 13.0 Å². The SMILES string of the molecule is CCCC(=O)NCCc1ccc(OC(C)C)c(C)c1. The van der Waals surface area contributed by atoms with Crippen molar-refractivity contribution in [1.29, 1.82) is 0 Å². The van der Waals surface area contributed by atoms with Crippen LogP contribution in [-0.4, -0.2) is 18.6 Å². The fraction of sp³-hybridized carbons (Fsp3) is 0.562. The second kappa shape index (κ2) is 7.82. The van der Waals surface area contributed by atoms with Gasteiger partial charge in [0.15, 0.2) is 0 Å². The Balaban J connectivity index is 2.47. The molecule has 3 heteroatoms.